The predicted octanol–water partition coefficient (Wildman–Crippen LogP) is 0.656. The van der Waals surface area contributed by atoms with Gasteiger partial charge < -0.3 is 4.90 Å². The van der Waals surface area contributed by atoms with E-state index in [1.54, 1.807) is 11.3 Å². The number of nitrogens with zero attached hydrogens (tertiary/aromatic N) is 2. The molecule has 0 saturated heterocycles. The first kappa shape index (κ1) is 9.94. The molecule has 1 atom stereocenters. The van der Waals surface area contributed by atoms with E-state index in [1.807, 2.05) is 31.1 Å². The Morgan fingerprint density at radius 2 is 2.14 bits per heavy atom. The van der Waals surface area contributed by atoms with Gasteiger partial charge in [0.25, 0.3) is 0 Å². The third-order valence-corrected chi connectivity index (χ3v) is 3.65. The molecule has 0 amide bonds. The van der Waals surface area contributed by atoms with Crippen molar-refractivity contribution in [3.63, 3.8) is 0 Å². The fourth-order valence-corrected chi connectivity index (χ4v) is 2.34. The molecule has 0 spiro atoms. The van der Waals surface area contributed by atoms with E-state index in [0.717, 1.165) is 26.1 Å². The summed E-state index contributed by atoms with van der Waals surface area (Å²) in [4.78, 5) is 6.49. The molecule has 0 aliphatic heterocycles. The molecule has 2 nitrogen and oxygen atoms in total. The minimum absolute atomic E-state index is 0.802. The highest BCUT2D eigenvalue weighted by Gasteiger charge is 2.06. The van der Waals surface area contributed by atoms with Crippen LogP contribution in [0.5, 0.6) is 0 Å². The van der Waals surface area contributed by atoms with Crippen molar-refractivity contribution in [1.82, 2.24) is 4.98 Å². The average molecular weight is 220 g/mol. The number of aromatic nitrogens is 1. The van der Waals surface area contributed by atoms with Crippen LogP contribution in [0.25, 0.3) is 10.2 Å². The SMILES string of the molecule is [B]c1cc2sc(N(C)C)nc2cc1P. The third-order valence-electron chi connectivity index (χ3n) is 1.96. The van der Waals surface area contributed by atoms with E-state index in [-0.39, 0.29) is 0 Å². The van der Waals surface area contributed by atoms with Crippen LogP contribution >= 0.6 is 20.6 Å². The number of benzene rings is 1. The van der Waals surface area contributed by atoms with Crippen molar-refractivity contribution < 1.29 is 0 Å². The molecule has 1 aromatic carbocycles. The van der Waals surface area contributed by atoms with Gasteiger partial charge >= 0.3 is 0 Å². The van der Waals surface area contributed by atoms with Crippen molar-refractivity contribution in [3.05, 3.63) is 12.1 Å². The molecule has 0 aliphatic carbocycles. The fraction of sp³-hybridized carbons (Fsp3) is 0.222. The highest BCUT2D eigenvalue weighted by atomic mass is 32.1. The van der Waals surface area contributed by atoms with Crippen LogP contribution in [0.1, 0.15) is 0 Å². The Bertz CT molecular complexity index is 442. The normalized spacial score (nSPS) is 10.8. The maximum Gasteiger partial charge on any atom is 0.185 e. The van der Waals surface area contributed by atoms with Crippen LogP contribution in [0.4, 0.5) is 5.13 Å². The third kappa shape index (κ3) is 1.64. The molecule has 0 saturated carbocycles. The van der Waals surface area contributed by atoms with Crippen molar-refractivity contribution in [2.75, 3.05) is 19.0 Å². The Morgan fingerprint density at radius 1 is 1.43 bits per heavy atom. The minimum Gasteiger partial charge on any atom is -0.354 e. The number of hydrogen-bond donors (Lipinski definition) is 0. The fourth-order valence-electron chi connectivity index (χ4n) is 1.18. The number of hydrogen-bond acceptors (Lipinski definition) is 3. The monoisotopic (exact) mass is 220 g/mol. The summed E-state index contributed by atoms with van der Waals surface area (Å²) in [6.45, 7) is 0. The highest BCUT2D eigenvalue weighted by molar-refractivity contribution is 7.28. The van der Waals surface area contributed by atoms with Crippen LogP contribution in [0.15, 0.2) is 12.1 Å². The lowest BCUT2D eigenvalue weighted by Gasteiger charge is -2.04. The number of anilines is 1. The summed E-state index contributed by atoms with van der Waals surface area (Å²) in [5, 5.41) is 2.02. The molecule has 1 heterocycles. The first-order valence-electron chi connectivity index (χ1n) is 4.21. The first-order valence-corrected chi connectivity index (χ1v) is 5.60. The maximum atomic E-state index is 5.82. The van der Waals surface area contributed by atoms with Crippen LogP contribution in [0.2, 0.25) is 0 Å². The van der Waals surface area contributed by atoms with E-state index in [9.17, 15) is 0 Å². The van der Waals surface area contributed by atoms with Crippen LogP contribution in [-0.4, -0.2) is 26.9 Å². The maximum absolute atomic E-state index is 5.82. The molecule has 0 bridgehead atoms. The van der Waals surface area contributed by atoms with Crippen molar-refractivity contribution in [3.8, 4) is 0 Å². The summed E-state index contributed by atoms with van der Waals surface area (Å²) >= 11 is 1.65. The van der Waals surface area contributed by atoms with Gasteiger partial charge in [-0.05, 0) is 17.4 Å². The van der Waals surface area contributed by atoms with Gasteiger partial charge in [0.2, 0.25) is 0 Å². The molecule has 2 rings (SSSR count). The van der Waals surface area contributed by atoms with Gasteiger partial charge in [0.1, 0.15) is 7.85 Å². The zero-order chi connectivity index (χ0) is 10.3. The van der Waals surface area contributed by atoms with E-state index in [1.165, 1.54) is 0 Å². The zero-order valence-corrected chi connectivity index (χ0v) is 10.1. The molecule has 5 heteroatoms. The number of rotatable bonds is 1. The molecule has 2 aromatic rings. The smallest absolute Gasteiger partial charge is 0.185 e. The van der Waals surface area contributed by atoms with E-state index in [4.69, 9.17) is 7.85 Å². The van der Waals surface area contributed by atoms with Gasteiger partial charge in [-0.25, -0.2) is 4.98 Å². The Hall–Kier alpha value is -0.595. The predicted molar refractivity (Wildman–Crippen MR) is 68.7 cm³/mol. The van der Waals surface area contributed by atoms with Gasteiger partial charge in [-0.2, -0.15) is 0 Å². The second-order valence-electron chi connectivity index (χ2n) is 3.34. The van der Waals surface area contributed by atoms with Crippen molar-refractivity contribution in [2.45, 2.75) is 0 Å². The van der Waals surface area contributed by atoms with E-state index >= 15 is 0 Å². The van der Waals surface area contributed by atoms with Gasteiger partial charge in [0.05, 0.1) is 10.2 Å². The van der Waals surface area contributed by atoms with E-state index in [0.29, 0.717) is 0 Å². The Labute approximate surface area is 90.9 Å². The Kier molecular flexibility index (Phi) is 2.50. The highest BCUT2D eigenvalue weighted by Crippen LogP contribution is 2.26. The summed E-state index contributed by atoms with van der Waals surface area (Å²) in [5.74, 6) is 0. The standard InChI is InChI=1S/C9H10BN2PS/c1-12(2)9-11-6-4-7(13)5(10)3-8(6)14-9/h3-4H,13H2,1-2H3. The van der Waals surface area contributed by atoms with Crippen LogP contribution < -0.4 is 15.7 Å². The topological polar surface area (TPSA) is 16.1 Å². The number of fused-ring (bicyclic) bond motifs is 1. The molecule has 70 valence electrons. The summed E-state index contributed by atoms with van der Waals surface area (Å²) < 4.78 is 1.14. The van der Waals surface area contributed by atoms with Crippen LogP contribution in [-0.2, 0) is 0 Å². The lowest BCUT2D eigenvalue weighted by molar-refractivity contribution is 1.11. The Balaban J connectivity index is 2.66. The summed E-state index contributed by atoms with van der Waals surface area (Å²) in [7, 11) is 12.4. The quantitative estimate of drug-likeness (QED) is 0.518. The second kappa shape index (κ2) is 3.52. The molecular weight excluding hydrogens is 210 g/mol. The average Bonchev–Trinajstić information content (AvgIpc) is 2.48. The zero-order valence-electron chi connectivity index (χ0n) is 8.11. The summed E-state index contributed by atoms with van der Waals surface area (Å²) in [5.41, 5.74) is 1.81. The van der Waals surface area contributed by atoms with E-state index in [2.05, 4.69) is 14.2 Å². The summed E-state index contributed by atoms with van der Waals surface area (Å²) in [6.07, 6.45) is 0. The van der Waals surface area contributed by atoms with Crippen LogP contribution in [0, 0.1) is 0 Å². The first-order chi connectivity index (χ1) is 6.58. The molecule has 0 fully saturated rings. The van der Waals surface area contributed by atoms with Gasteiger partial charge in [-0.15, -0.1) is 9.24 Å². The molecular formula is C9H10BN2PS. The molecule has 0 N–H and O–H groups in total. The summed E-state index contributed by atoms with van der Waals surface area (Å²) in [6, 6.07) is 3.97. The van der Waals surface area contributed by atoms with Gasteiger partial charge in [0.15, 0.2) is 5.13 Å². The lowest BCUT2D eigenvalue weighted by Crippen LogP contribution is -2.17. The second-order valence-corrected chi connectivity index (χ2v) is 4.97. The molecule has 1 aromatic heterocycles. The van der Waals surface area contributed by atoms with E-state index < -0.39 is 0 Å². The molecule has 14 heavy (non-hydrogen) atoms. The molecule has 1 unspecified atom stereocenters. The largest absolute Gasteiger partial charge is 0.354 e. The number of thiazole rings is 1. The minimum atomic E-state index is 0.802. The van der Waals surface area contributed by atoms with Gasteiger partial charge in [-0.1, -0.05) is 16.8 Å². The van der Waals surface area contributed by atoms with Crippen molar-refractivity contribution in [2.24, 2.45) is 0 Å². The Morgan fingerprint density at radius 3 is 2.79 bits per heavy atom. The van der Waals surface area contributed by atoms with Crippen LogP contribution in [0.3, 0.4) is 0 Å². The van der Waals surface area contributed by atoms with Crippen molar-refractivity contribution >= 4 is 54.5 Å². The van der Waals surface area contributed by atoms with Crippen molar-refractivity contribution in [1.29, 1.82) is 0 Å². The molecule has 0 aliphatic rings. The van der Waals surface area contributed by atoms with Gasteiger partial charge in [0, 0.05) is 14.1 Å². The molecule has 2 radical (unpaired) electrons. The van der Waals surface area contributed by atoms with Gasteiger partial charge in [-0.3, -0.25) is 0 Å². The lowest BCUT2D eigenvalue weighted by atomic mass is 9.96.